The Balaban J connectivity index is 2.08. The van der Waals surface area contributed by atoms with Crippen molar-refractivity contribution >= 4 is 5.91 Å². The van der Waals surface area contributed by atoms with Gasteiger partial charge in [0.15, 0.2) is 0 Å². The Morgan fingerprint density at radius 3 is 2.62 bits per heavy atom. The van der Waals surface area contributed by atoms with Gasteiger partial charge in [-0.15, -0.1) is 0 Å². The highest BCUT2D eigenvalue weighted by molar-refractivity contribution is 5.96. The van der Waals surface area contributed by atoms with Crippen molar-refractivity contribution in [2.75, 3.05) is 20.2 Å². The predicted molar refractivity (Wildman–Crippen MR) is 82.5 cm³/mol. The van der Waals surface area contributed by atoms with Gasteiger partial charge >= 0.3 is 0 Å². The maximum atomic E-state index is 12.6. The van der Waals surface area contributed by atoms with Gasteiger partial charge in [-0.1, -0.05) is 30.3 Å². The predicted octanol–water partition coefficient (Wildman–Crippen LogP) is 2.80. The van der Waals surface area contributed by atoms with Gasteiger partial charge in [0, 0.05) is 19.3 Å². The van der Waals surface area contributed by atoms with Crippen LogP contribution in [0.3, 0.4) is 0 Å². The second kappa shape index (κ2) is 7.43. The zero-order chi connectivity index (χ0) is 15.1. The van der Waals surface area contributed by atoms with Gasteiger partial charge in [0.05, 0.1) is 7.11 Å². The minimum Gasteiger partial charge on any atom is -0.480 e. The van der Waals surface area contributed by atoms with E-state index in [1.807, 2.05) is 30.0 Å². The van der Waals surface area contributed by atoms with Crippen molar-refractivity contribution < 1.29 is 9.53 Å². The van der Waals surface area contributed by atoms with E-state index in [9.17, 15) is 4.79 Å². The van der Waals surface area contributed by atoms with E-state index in [1.165, 1.54) is 12.7 Å². The number of amides is 1. The summed E-state index contributed by atoms with van der Waals surface area (Å²) in [6.07, 6.45) is 2.46. The topological polar surface area (TPSA) is 42.4 Å². The number of nitrogens with zero attached hydrogens (tertiary/aromatic N) is 2. The Kier molecular flexibility index (Phi) is 5.32. The van der Waals surface area contributed by atoms with Crippen molar-refractivity contribution in [1.29, 1.82) is 0 Å². The Bertz CT molecular complexity index is 584. The second-order valence-corrected chi connectivity index (χ2v) is 4.68. The SMILES string of the molecule is CCN(CCc1ccccc1)C(=O)c1cccnc1OC. The van der Waals surface area contributed by atoms with Gasteiger partial charge in [0.25, 0.3) is 5.91 Å². The lowest BCUT2D eigenvalue weighted by Gasteiger charge is -2.21. The number of pyridine rings is 1. The normalized spacial score (nSPS) is 10.2. The van der Waals surface area contributed by atoms with Crippen LogP contribution in [-0.4, -0.2) is 36.0 Å². The van der Waals surface area contributed by atoms with E-state index in [-0.39, 0.29) is 5.91 Å². The molecule has 0 fully saturated rings. The van der Waals surface area contributed by atoms with E-state index in [0.29, 0.717) is 24.5 Å². The van der Waals surface area contributed by atoms with Crippen molar-refractivity contribution in [3.8, 4) is 5.88 Å². The molecule has 0 aliphatic heterocycles. The van der Waals surface area contributed by atoms with Crippen molar-refractivity contribution in [2.45, 2.75) is 13.3 Å². The monoisotopic (exact) mass is 284 g/mol. The van der Waals surface area contributed by atoms with Crippen LogP contribution in [0.4, 0.5) is 0 Å². The van der Waals surface area contributed by atoms with E-state index in [2.05, 4.69) is 17.1 Å². The molecule has 0 radical (unpaired) electrons. The van der Waals surface area contributed by atoms with Crippen LogP contribution in [0.15, 0.2) is 48.7 Å². The van der Waals surface area contributed by atoms with E-state index in [0.717, 1.165) is 6.42 Å². The Morgan fingerprint density at radius 1 is 1.19 bits per heavy atom. The summed E-state index contributed by atoms with van der Waals surface area (Å²) in [6.45, 7) is 3.31. The van der Waals surface area contributed by atoms with Crippen LogP contribution in [0.2, 0.25) is 0 Å². The summed E-state index contributed by atoms with van der Waals surface area (Å²) in [5.74, 6) is 0.332. The summed E-state index contributed by atoms with van der Waals surface area (Å²) in [5, 5.41) is 0. The Hall–Kier alpha value is -2.36. The standard InChI is InChI=1S/C17H20N2O2/c1-3-19(13-11-14-8-5-4-6-9-14)17(20)15-10-7-12-18-16(15)21-2/h4-10,12H,3,11,13H2,1-2H3. The molecule has 0 saturated heterocycles. The molecule has 4 nitrogen and oxygen atoms in total. The maximum absolute atomic E-state index is 12.6. The molecule has 1 aromatic carbocycles. The number of methoxy groups -OCH3 is 1. The summed E-state index contributed by atoms with van der Waals surface area (Å²) in [4.78, 5) is 18.5. The zero-order valence-corrected chi connectivity index (χ0v) is 12.5. The molecular weight excluding hydrogens is 264 g/mol. The first-order valence-corrected chi connectivity index (χ1v) is 7.08. The molecule has 0 atom stereocenters. The van der Waals surface area contributed by atoms with Crippen molar-refractivity contribution in [1.82, 2.24) is 9.88 Å². The smallest absolute Gasteiger partial charge is 0.259 e. The van der Waals surface area contributed by atoms with Gasteiger partial charge in [0.2, 0.25) is 5.88 Å². The van der Waals surface area contributed by atoms with Crippen LogP contribution in [0.25, 0.3) is 0 Å². The molecule has 0 saturated carbocycles. The van der Waals surface area contributed by atoms with Crippen molar-refractivity contribution in [2.24, 2.45) is 0 Å². The third kappa shape index (κ3) is 3.81. The molecule has 0 N–H and O–H groups in total. The van der Waals surface area contributed by atoms with Crippen LogP contribution in [0, 0.1) is 0 Å². The number of carbonyl (C=O) groups is 1. The van der Waals surface area contributed by atoms with Crippen LogP contribution >= 0.6 is 0 Å². The minimum atomic E-state index is -0.0432. The first kappa shape index (κ1) is 15.0. The molecule has 0 aliphatic rings. The van der Waals surface area contributed by atoms with E-state index in [1.54, 1.807) is 18.3 Å². The van der Waals surface area contributed by atoms with Crippen LogP contribution in [-0.2, 0) is 6.42 Å². The highest BCUT2D eigenvalue weighted by atomic mass is 16.5. The number of benzene rings is 1. The van der Waals surface area contributed by atoms with Gasteiger partial charge in [-0.3, -0.25) is 4.79 Å². The minimum absolute atomic E-state index is 0.0432. The van der Waals surface area contributed by atoms with Crippen molar-refractivity contribution in [3.05, 3.63) is 59.8 Å². The number of ether oxygens (including phenoxy) is 1. The molecule has 0 unspecified atom stereocenters. The van der Waals surface area contributed by atoms with Gasteiger partial charge < -0.3 is 9.64 Å². The summed E-state index contributed by atoms with van der Waals surface area (Å²) >= 11 is 0. The van der Waals surface area contributed by atoms with Gasteiger partial charge in [-0.25, -0.2) is 4.98 Å². The molecule has 1 heterocycles. The highest BCUT2D eigenvalue weighted by Crippen LogP contribution is 2.16. The largest absolute Gasteiger partial charge is 0.480 e. The fourth-order valence-electron chi connectivity index (χ4n) is 2.20. The zero-order valence-electron chi connectivity index (χ0n) is 12.5. The van der Waals surface area contributed by atoms with Gasteiger partial charge in [-0.2, -0.15) is 0 Å². The van der Waals surface area contributed by atoms with E-state index < -0.39 is 0 Å². The summed E-state index contributed by atoms with van der Waals surface area (Å²) < 4.78 is 5.17. The van der Waals surface area contributed by atoms with Crippen LogP contribution in [0.5, 0.6) is 5.88 Å². The number of likely N-dealkylation sites (N-methyl/N-ethyl adjacent to an activating group) is 1. The number of carbonyl (C=O) groups excluding carboxylic acids is 1. The Labute approximate surface area is 125 Å². The first-order chi connectivity index (χ1) is 10.3. The lowest BCUT2D eigenvalue weighted by atomic mass is 10.1. The number of hydrogen-bond acceptors (Lipinski definition) is 3. The fourth-order valence-corrected chi connectivity index (χ4v) is 2.20. The third-order valence-corrected chi connectivity index (χ3v) is 3.38. The summed E-state index contributed by atoms with van der Waals surface area (Å²) in [6, 6.07) is 13.7. The molecule has 0 aliphatic carbocycles. The average molecular weight is 284 g/mol. The number of aromatic nitrogens is 1. The Morgan fingerprint density at radius 2 is 1.95 bits per heavy atom. The molecule has 0 bridgehead atoms. The average Bonchev–Trinajstić information content (AvgIpc) is 2.56. The third-order valence-electron chi connectivity index (χ3n) is 3.38. The maximum Gasteiger partial charge on any atom is 0.259 e. The first-order valence-electron chi connectivity index (χ1n) is 7.08. The van der Waals surface area contributed by atoms with E-state index in [4.69, 9.17) is 4.74 Å². The summed E-state index contributed by atoms with van der Waals surface area (Å²) in [7, 11) is 1.53. The molecule has 1 aromatic heterocycles. The van der Waals surface area contributed by atoms with E-state index >= 15 is 0 Å². The highest BCUT2D eigenvalue weighted by Gasteiger charge is 2.18. The molecule has 4 heteroatoms. The van der Waals surface area contributed by atoms with Gasteiger partial charge in [-0.05, 0) is 31.0 Å². The van der Waals surface area contributed by atoms with Crippen LogP contribution < -0.4 is 4.74 Å². The molecule has 0 spiro atoms. The lowest BCUT2D eigenvalue weighted by molar-refractivity contribution is 0.0762. The number of hydrogen-bond donors (Lipinski definition) is 0. The fraction of sp³-hybridized carbons (Fsp3) is 0.294. The molecule has 2 aromatic rings. The quantitative estimate of drug-likeness (QED) is 0.819. The number of rotatable bonds is 6. The van der Waals surface area contributed by atoms with Crippen molar-refractivity contribution in [3.63, 3.8) is 0 Å². The molecule has 110 valence electrons. The van der Waals surface area contributed by atoms with Crippen LogP contribution in [0.1, 0.15) is 22.8 Å². The second-order valence-electron chi connectivity index (χ2n) is 4.68. The molecule has 21 heavy (non-hydrogen) atoms. The van der Waals surface area contributed by atoms with Gasteiger partial charge in [0.1, 0.15) is 5.56 Å². The lowest BCUT2D eigenvalue weighted by Crippen LogP contribution is -2.33. The molecule has 2 rings (SSSR count). The molecule has 1 amide bonds. The summed E-state index contributed by atoms with van der Waals surface area (Å²) in [5.41, 5.74) is 1.73. The molecular formula is C17H20N2O2.